The Kier molecular flexibility index (Phi) is 4.05. The molecule has 0 unspecified atom stereocenters. The number of benzene rings is 1. The largest absolute Gasteiger partial charge is 1.00 e. The van der Waals surface area contributed by atoms with E-state index in [1.54, 1.807) is 0 Å². The van der Waals surface area contributed by atoms with Gasteiger partial charge in [-0.1, -0.05) is 24.6 Å². The van der Waals surface area contributed by atoms with Gasteiger partial charge in [-0.15, -0.1) is 12.2 Å². The Balaban J connectivity index is 0.00000112. The van der Waals surface area contributed by atoms with E-state index >= 15 is 0 Å². The molecule has 0 saturated heterocycles. The molecule has 1 aromatic carbocycles. The molecule has 1 aliphatic rings. The van der Waals surface area contributed by atoms with Crippen LogP contribution in [0.25, 0.3) is 5.32 Å². The van der Waals surface area contributed by atoms with Crippen LogP contribution in [0.4, 0.5) is 5.69 Å². The molecule has 0 aromatic heterocycles. The molecule has 0 N–H and O–H groups in total. The molecule has 0 bridgehead atoms. The average molecular weight is 215 g/mol. The van der Waals surface area contributed by atoms with Crippen molar-refractivity contribution in [2.75, 3.05) is 6.54 Å². The van der Waals surface area contributed by atoms with Gasteiger partial charge >= 0.3 is 18.9 Å². The Hall–Kier alpha value is -0.233. The molecule has 1 atom stereocenters. The minimum absolute atomic E-state index is 0. The van der Waals surface area contributed by atoms with Gasteiger partial charge in [0.05, 0.1) is 10.8 Å². The number of nitrogens with zero attached hydrogens (tertiary/aromatic N) is 1. The molecule has 0 fully saturated rings. The first kappa shape index (κ1) is 12.8. The van der Waals surface area contributed by atoms with Gasteiger partial charge in [-0.25, -0.2) is 0 Å². The van der Waals surface area contributed by atoms with Crippen molar-refractivity contribution in [1.82, 2.24) is 0 Å². The van der Waals surface area contributed by atoms with Crippen LogP contribution >= 0.6 is 0 Å². The Bertz CT molecular complexity index is 379. The van der Waals surface area contributed by atoms with Gasteiger partial charge in [0.2, 0.25) is 0 Å². The molecule has 0 saturated carbocycles. The molecule has 4 heteroatoms. The molecular formula is C11H14LiNOS. The summed E-state index contributed by atoms with van der Waals surface area (Å²) < 4.78 is 12.1. The van der Waals surface area contributed by atoms with Gasteiger partial charge < -0.3 is 5.32 Å². The predicted molar refractivity (Wildman–Crippen MR) is 59.4 cm³/mol. The van der Waals surface area contributed by atoms with E-state index in [2.05, 4.69) is 5.32 Å². The van der Waals surface area contributed by atoms with E-state index in [0.29, 0.717) is 0 Å². The third-order valence-electron chi connectivity index (χ3n) is 2.56. The van der Waals surface area contributed by atoms with E-state index in [-0.39, 0.29) is 23.6 Å². The fourth-order valence-electron chi connectivity index (χ4n) is 1.58. The number of rotatable bonds is 0. The Morgan fingerprint density at radius 3 is 2.73 bits per heavy atom. The monoisotopic (exact) mass is 215 g/mol. The maximum Gasteiger partial charge on any atom is 1.00 e. The van der Waals surface area contributed by atoms with Crippen LogP contribution in [-0.4, -0.2) is 15.5 Å². The molecule has 1 aromatic rings. The van der Waals surface area contributed by atoms with Gasteiger partial charge in [0, 0.05) is 9.64 Å². The summed E-state index contributed by atoms with van der Waals surface area (Å²) in [6.45, 7) is 4.86. The van der Waals surface area contributed by atoms with Gasteiger partial charge in [-0.3, -0.25) is 4.21 Å². The molecule has 1 aliphatic heterocycles. The fraction of sp³-hybridized carbons (Fsp3) is 0.455. The molecular weight excluding hydrogens is 201 g/mol. The zero-order chi connectivity index (χ0) is 10.2. The second kappa shape index (κ2) is 4.74. The summed E-state index contributed by atoms with van der Waals surface area (Å²) in [5, 5.41) is 4.44. The van der Waals surface area contributed by atoms with E-state index in [0.717, 1.165) is 23.5 Å². The van der Waals surface area contributed by atoms with E-state index in [1.165, 1.54) is 0 Å². The molecule has 2 nitrogen and oxygen atoms in total. The summed E-state index contributed by atoms with van der Waals surface area (Å²) in [5.41, 5.74) is 0.899. The molecule has 0 spiro atoms. The van der Waals surface area contributed by atoms with Gasteiger partial charge in [0.25, 0.3) is 0 Å². The molecule has 76 valence electrons. The number of fused-ring (bicyclic) bond motifs is 1. The number of para-hydroxylation sites is 1. The third-order valence-corrected chi connectivity index (χ3v) is 4.52. The summed E-state index contributed by atoms with van der Waals surface area (Å²) in [5.74, 6) is 0. The first-order valence-electron chi connectivity index (χ1n) is 4.80. The molecule has 0 aliphatic carbocycles. The van der Waals surface area contributed by atoms with Crippen LogP contribution in [-0.2, 0) is 10.8 Å². The minimum atomic E-state index is -0.937. The summed E-state index contributed by atoms with van der Waals surface area (Å²) in [6, 6.07) is 7.72. The number of hydrogen-bond acceptors (Lipinski definition) is 1. The maximum absolute atomic E-state index is 12.2. The second-order valence-electron chi connectivity index (χ2n) is 4.13. The summed E-state index contributed by atoms with van der Waals surface area (Å²) >= 11 is 0. The van der Waals surface area contributed by atoms with Crippen LogP contribution in [0.15, 0.2) is 29.2 Å². The SMILES string of the molecule is CC1(C)CC[N-]c2ccccc2[S@]1=O.[Li+]. The molecule has 15 heavy (non-hydrogen) atoms. The molecule has 0 radical (unpaired) electrons. The van der Waals surface area contributed by atoms with Crippen LogP contribution in [0.1, 0.15) is 20.3 Å². The number of hydrogen-bond donors (Lipinski definition) is 0. The first-order chi connectivity index (χ1) is 6.61. The van der Waals surface area contributed by atoms with E-state index < -0.39 is 10.8 Å². The third kappa shape index (κ3) is 2.47. The van der Waals surface area contributed by atoms with Crippen molar-refractivity contribution in [2.24, 2.45) is 0 Å². The van der Waals surface area contributed by atoms with Crippen molar-refractivity contribution in [3.63, 3.8) is 0 Å². The smallest absolute Gasteiger partial charge is 0.683 e. The van der Waals surface area contributed by atoms with Gasteiger partial charge in [0.1, 0.15) is 0 Å². The van der Waals surface area contributed by atoms with Crippen molar-refractivity contribution in [3.05, 3.63) is 29.6 Å². The normalized spacial score (nSPS) is 22.9. The quantitative estimate of drug-likeness (QED) is 0.560. The van der Waals surface area contributed by atoms with Crippen LogP contribution < -0.4 is 18.9 Å². The van der Waals surface area contributed by atoms with E-state index in [1.807, 2.05) is 38.1 Å². The van der Waals surface area contributed by atoms with Crippen molar-refractivity contribution in [2.45, 2.75) is 29.9 Å². The van der Waals surface area contributed by atoms with Crippen molar-refractivity contribution in [3.8, 4) is 0 Å². The van der Waals surface area contributed by atoms with Crippen LogP contribution in [0.3, 0.4) is 0 Å². The van der Waals surface area contributed by atoms with Crippen LogP contribution in [0.5, 0.6) is 0 Å². The fourth-order valence-corrected chi connectivity index (χ4v) is 2.98. The van der Waals surface area contributed by atoms with Crippen LogP contribution in [0.2, 0.25) is 0 Å². The minimum Gasteiger partial charge on any atom is -0.683 e. The van der Waals surface area contributed by atoms with Crippen molar-refractivity contribution >= 4 is 16.5 Å². The topological polar surface area (TPSA) is 31.2 Å². The Labute approximate surface area is 105 Å². The summed E-state index contributed by atoms with van der Waals surface area (Å²) in [7, 11) is -0.937. The molecule has 2 rings (SSSR count). The zero-order valence-electron chi connectivity index (χ0n) is 9.49. The van der Waals surface area contributed by atoms with Gasteiger partial charge in [0.15, 0.2) is 0 Å². The molecule has 1 heterocycles. The Morgan fingerprint density at radius 1 is 1.33 bits per heavy atom. The predicted octanol–water partition coefficient (Wildman–Crippen LogP) is -0.0143. The Morgan fingerprint density at radius 2 is 2.00 bits per heavy atom. The van der Waals surface area contributed by atoms with Gasteiger partial charge in [-0.05, 0) is 19.9 Å². The van der Waals surface area contributed by atoms with Crippen LogP contribution in [0, 0.1) is 0 Å². The average Bonchev–Trinajstić information content (AvgIpc) is 2.27. The summed E-state index contributed by atoms with van der Waals surface area (Å²) in [6.07, 6.45) is 0.883. The van der Waals surface area contributed by atoms with E-state index in [4.69, 9.17) is 0 Å². The second-order valence-corrected chi connectivity index (χ2v) is 6.21. The molecule has 0 amide bonds. The van der Waals surface area contributed by atoms with E-state index in [9.17, 15) is 4.21 Å². The first-order valence-corrected chi connectivity index (χ1v) is 5.95. The van der Waals surface area contributed by atoms with Crippen molar-refractivity contribution in [1.29, 1.82) is 0 Å². The van der Waals surface area contributed by atoms with Gasteiger partial charge in [-0.2, -0.15) is 0 Å². The standard InChI is InChI=1S/C11H14NOS.Li/c1-11(2)7-8-12-9-5-3-4-6-10(9)14(11)13;/h3-6H,7-8H2,1-2H3;/q-1;+1/t14-;/m1./s1. The maximum atomic E-state index is 12.2. The van der Waals surface area contributed by atoms with Crippen molar-refractivity contribution < 1.29 is 23.1 Å². The summed E-state index contributed by atoms with van der Waals surface area (Å²) in [4.78, 5) is 0.884. The zero-order valence-corrected chi connectivity index (χ0v) is 10.3.